The van der Waals surface area contributed by atoms with Crippen molar-refractivity contribution in [1.29, 1.82) is 0 Å². The van der Waals surface area contributed by atoms with Crippen molar-refractivity contribution in [2.45, 2.75) is 25.2 Å². The van der Waals surface area contributed by atoms with Crippen LogP contribution in [0.4, 0.5) is 0 Å². The first kappa shape index (κ1) is 11.6. The predicted molar refractivity (Wildman–Crippen MR) is 75.2 cm³/mol. The van der Waals surface area contributed by atoms with Gasteiger partial charge in [-0.05, 0) is 71.7 Å². The smallest absolute Gasteiger partial charge is 0.157 e. The average Bonchev–Trinajstić information content (AvgIpc) is 2.77. The van der Waals surface area contributed by atoms with Crippen molar-refractivity contribution in [2.24, 2.45) is 5.92 Å². The molecule has 3 nitrogen and oxygen atoms in total. The van der Waals surface area contributed by atoms with Crippen LogP contribution in [0.15, 0.2) is 30.3 Å². The Morgan fingerprint density at radius 2 is 1.65 bits per heavy atom. The van der Waals surface area contributed by atoms with Crippen LogP contribution in [0.25, 0.3) is 0 Å². The van der Waals surface area contributed by atoms with E-state index >= 15 is 0 Å². The number of phenols is 3. The maximum absolute atomic E-state index is 9.78. The van der Waals surface area contributed by atoms with E-state index in [-0.39, 0.29) is 17.4 Å². The molecule has 2 aromatic rings. The Hall–Kier alpha value is -2.16. The number of fused-ring (bicyclic) bond motifs is 5. The molecular formula is C17H16O3. The summed E-state index contributed by atoms with van der Waals surface area (Å²) in [5, 5.41) is 29.1. The van der Waals surface area contributed by atoms with Gasteiger partial charge in [0.2, 0.25) is 0 Å². The molecular weight excluding hydrogens is 252 g/mol. The minimum absolute atomic E-state index is 0.0340. The zero-order valence-corrected chi connectivity index (χ0v) is 11.0. The normalized spacial score (nSPS) is 23.0. The number of aryl methyl sites for hydroxylation is 1. The van der Waals surface area contributed by atoms with E-state index in [0.29, 0.717) is 11.7 Å². The van der Waals surface area contributed by atoms with Crippen LogP contribution >= 0.6 is 0 Å². The zero-order chi connectivity index (χ0) is 13.9. The molecule has 0 radical (unpaired) electrons. The van der Waals surface area contributed by atoms with Crippen LogP contribution in [0.2, 0.25) is 0 Å². The third-order valence-corrected chi connectivity index (χ3v) is 4.77. The minimum Gasteiger partial charge on any atom is -0.508 e. The summed E-state index contributed by atoms with van der Waals surface area (Å²) >= 11 is 0. The average molecular weight is 268 g/mol. The molecule has 0 aliphatic heterocycles. The van der Waals surface area contributed by atoms with Crippen LogP contribution in [0.3, 0.4) is 0 Å². The van der Waals surface area contributed by atoms with Crippen LogP contribution in [0.5, 0.6) is 17.2 Å². The first-order chi connectivity index (χ1) is 9.63. The van der Waals surface area contributed by atoms with Crippen molar-refractivity contribution < 1.29 is 15.3 Å². The standard InChI is InChI=1S/C17H16O3/c18-12-3-4-13-9(6-12)1-2-10-5-11-7-15(19)16(20)8-14(11)17(10)13/h3-4,6-8,10,17-20H,1-2,5H2. The Labute approximate surface area is 117 Å². The second-order valence-electron chi connectivity index (χ2n) is 5.90. The third kappa shape index (κ3) is 1.52. The first-order valence-corrected chi connectivity index (χ1v) is 7.00. The summed E-state index contributed by atoms with van der Waals surface area (Å²) in [5.74, 6) is 1.04. The highest BCUT2D eigenvalue weighted by molar-refractivity contribution is 5.55. The Morgan fingerprint density at radius 1 is 0.850 bits per heavy atom. The number of hydrogen-bond acceptors (Lipinski definition) is 3. The van der Waals surface area contributed by atoms with Crippen LogP contribution in [0, 0.1) is 5.92 Å². The van der Waals surface area contributed by atoms with E-state index in [2.05, 4.69) is 0 Å². The van der Waals surface area contributed by atoms with Crippen molar-refractivity contribution in [3.8, 4) is 17.2 Å². The molecule has 0 saturated carbocycles. The van der Waals surface area contributed by atoms with Gasteiger partial charge >= 0.3 is 0 Å². The molecule has 20 heavy (non-hydrogen) atoms. The summed E-state index contributed by atoms with van der Waals surface area (Å²) in [4.78, 5) is 0. The highest BCUT2D eigenvalue weighted by Crippen LogP contribution is 2.51. The summed E-state index contributed by atoms with van der Waals surface area (Å²) in [5.41, 5.74) is 4.71. The van der Waals surface area contributed by atoms with Gasteiger partial charge in [-0.3, -0.25) is 0 Å². The number of rotatable bonds is 0. The van der Waals surface area contributed by atoms with Crippen molar-refractivity contribution >= 4 is 0 Å². The maximum atomic E-state index is 9.78. The fourth-order valence-electron chi connectivity index (χ4n) is 3.90. The monoisotopic (exact) mass is 268 g/mol. The van der Waals surface area contributed by atoms with E-state index in [0.717, 1.165) is 30.4 Å². The fourth-order valence-corrected chi connectivity index (χ4v) is 3.90. The van der Waals surface area contributed by atoms with Gasteiger partial charge in [0.1, 0.15) is 5.75 Å². The topological polar surface area (TPSA) is 60.7 Å². The Bertz CT molecular complexity index is 706. The summed E-state index contributed by atoms with van der Waals surface area (Å²) in [6, 6.07) is 8.99. The highest BCUT2D eigenvalue weighted by Gasteiger charge is 2.38. The summed E-state index contributed by atoms with van der Waals surface area (Å²) in [6.45, 7) is 0. The van der Waals surface area contributed by atoms with Gasteiger partial charge in [-0.1, -0.05) is 6.07 Å². The molecule has 0 spiro atoms. The van der Waals surface area contributed by atoms with E-state index in [9.17, 15) is 15.3 Å². The van der Waals surface area contributed by atoms with E-state index in [1.54, 1.807) is 18.2 Å². The zero-order valence-electron chi connectivity index (χ0n) is 11.0. The third-order valence-electron chi connectivity index (χ3n) is 4.77. The second-order valence-corrected chi connectivity index (χ2v) is 5.90. The molecule has 3 N–H and O–H groups in total. The van der Waals surface area contributed by atoms with Gasteiger partial charge in [0, 0.05) is 5.92 Å². The van der Waals surface area contributed by atoms with E-state index in [1.807, 2.05) is 12.1 Å². The molecule has 0 fully saturated rings. The molecule has 4 rings (SSSR count). The van der Waals surface area contributed by atoms with E-state index in [1.165, 1.54) is 11.1 Å². The Kier molecular flexibility index (Phi) is 2.28. The van der Waals surface area contributed by atoms with Crippen LogP contribution < -0.4 is 0 Å². The lowest BCUT2D eigenvalue weighted by Gasteiger charge is -2.29. The first-order valence-electron chi connectivity index (χ1n) is 7.00. The molecule has 0 amide bonds. The molecule has 0 aromatic heterocycles. The number of aromatic hydroxyl groups is 3. The maximum Gasteiger partial charge on any atom is 0.157 e. The van der Waals surface area contributed by atoms with Crippen molar-refractivity contribution in [3.05, 3.63) is 52.6 Å². The highest BCUT2D eigenvalue weighted by atomic mass is 16.3. The second kappa shape index (κ2) is 3.92. The number of hydrogen-bond donors (Lipinski definition) is 3. The molecule has 2 aliphatic rings. The molecule has 2 aliphatic carbocycles. The van der Waals surface area contributed by atoms with Crippen molar-refractivity contribution in [3.63, 3.8) is 0 Å². The molecule has 102 valence electrons. The molecule has 0 bridgehead atoms. The predicted octanol–water partition coefficient (Wildman–Crippen LogP) is 3.05. The van der Waals surface area contributed by atoms with E-state index < -0.39 is 0 Å². The molecule has 0 saturated heterocycles. The summed E-state index contributed by atoms with van der Waals surface area (Å²) in [7, 11) is 0. The van der Waals surface area contributed by atoms with Crippen molar-refractivity contribution in [2.75, 3.05) is 0 Å². The lowest BCUT2D eigenvalue weighted by molar-refractivity contribution is 0.402. The quantitative estimate of drug-likeness (QED) is 0.643. The minimum atomic E-state index is -0.0460. The Morgan fingerprint density at radius 3 is 2.50 bits per heavy atom. The number of benzene rings is 2. The SMILES string of the molecule is Oc1ccc2c(c1)CCC1Cc3cc(O)c(O)cc3C21. The van der Waals surface area contributed by atoms with E-state index in [4.69, 9.17) is 0 Å². The molecule has 2 aromatic carbocycles. The van der Waals surface area contributed by atoms with Gasteiger partial charge in [-0.15, -0.1) is 0 Å². The van der Waals surface area contributed by atoms with Crippen LogP contribution in [0.1, 0.15) is 34.6 Å². The van der Waals surface area contributed by atoms with Crippen molar-refractivity contribution in [1.82, 2.24) is 0 Å². The van der Waals surface area contributed by atoms with Gasteiger partial charge in [0.25, 0.3) is 0 Å². The Balaban J connectivity index is 1.90. The lowest BCUT2D eigenvalue weighted by atomic mass is 9.75. The number of phenolic OH excluding ortho intramolecular Hbond substituents is 3. The van der Waals surface area contributed by atoms with Crippen LogP contribution in [-0.2, 0) is 12.8 Å². The van der Waals surface area contributed by atoms with Gasteiger partial charge in [0.05, 0.1) is 0 Å². The lowest BCUT2D eigenvalue weighted by Crippen LogP contribution is -2.17. The van der Waals surface area contributed by atoms with Gasteiger partial charge < -0.3 is 15.3 Å². The fraction of sp³-hybridized carbons (Fsp3) is 0.294. The van der Waals surface area contributed by atoms with Gasteiger partial charge in [0.15, 0.2) is 11.5 Å². The summed E-state index contributed by atoms with van der Waals surface area (Å²) in [6.07, 6.45) is 3.02. The largest absolute Gasteiger partial charge is 0.508 e. The van der Waals surface area contributed by atoms with Gasteiger partial charge in [-0.2, -0.15) is 0 Å². The van der Waals surface area contributed by atoms with Gasteiger partial charge in [-0.25, -0.2) is 0 Å². The molecule has 2 atom stereocenters. The van der Waals surface area contributed by atoms with Crippen LogP contribution in [-0.4, -0.2) is 15.3 Å². The molecule has 3 heteroatoms. The molecule has 0 heterocycles. The summed E-state index contributed by atoms with van der Waals surface area (Å²) < 4.78 is 0. The molecule has 2 unspecified atom stereocenters.